The third kappa shape index (κ3) is 1.73. The van der Waals surface area contributed by atoms with Gasteiger partial charge in [0.2, 0.25) is 0 Å². The number of aromatic carboxylic acids is 1. The smallest absolute Gasteiger partial charge is 0.339 e. The van der Waals surface area contributed by atoms with Crippen molar-refractivity contribution in [1.29, 1.82) is 0 Å². The van der Waals surface area contributed by atoms with Crippen LogP contribution in [0.1, 0.15) is 34.5 Å². The summed E-state index contributed by atoms with van der Waals surface area (Å²) in [5, 5.41) is 17.2. The third-order valence-corrected chi connectivity index (χ3v) is 3.08. The molecule has 1 aromatic rings. The maximum absolute atomic E-state index is 11.2. The van der Waals surface area contributed by atoms with E-state index in [-0.39, 0.29) is 5.56 Å². The van der Waals surface area contributed by atoms with Crippen LogP contribution in [-0.2, 0) is 0 Å². The standard InChI is InChI=1S/C11H15N3O2/c1-6-7(2)12-13-10(9(6)11(15)16)14(3)8-4-5-8/h8H,4-5H2,1-3H3,(H,15,16). The highest BCUT2D eigenvalue weighted by molar-refractivity contribution is 5.95. The zero-order chi connectivity index (χ0) is 11.9. The van der Waals surface area contributed by atoms with Gasteiger partial charge in [-0.1, -0.05) is 0 Å². The number of aryl methyl sites for hydroxylation is 1. The number of carboxylic acid groups (broad SMARTS) is 1. The molecule has 0 spiro atoms. The molecule has 86 valence electrons. The van der Waals surface area contributed by atoms with Crippen LogP contribution < -0.4 is 4.90 Å². The molecule has 1 aromatic heterocycles. The third-order valence-electron chi connectivity index (χ3n) is 3.08. The Bertz CT molecular complexity index is 441. The van der Waals surface area contributed by atoms with Crippen LogP contribution in [-0.4, -0.2) is 34.4 Å². The summed E-state index contributed by atoms with van der Waals surface area (Å²) in [5.41, 5.74) is 1.65. The number of carbonyl (C=O) groups is 1. The molecule has 1 heterocycles. The molecule has 1 N–H and O–H groups in total. The first-order valence-electron chi connectivity index (χ1n) is 5.32. The van der Waals surface area contributed by atoms with Gasteiger partial charge in [0.05, 0.1) is 5.69 Å². The molecule has 2 rings (SSSR count). The zero-order valence-electron chi connectivity index (χ0n) is 9.69. The van der Waals surface area contributed by atoms with Gasteiger partial charge in [-0.15, -0.1) is 5.10 Å². The highest BCUT2D eigenvalue weighted by atomic mass is 16.4. The van der Waals surface area contributed by atoms with E-state index in [9.17, 15) is 9.90 Å². The van der Waals surface area contributed by atoms with Gasteiger partial charge >= 0.3 is 5.97 Å². The van der Waals surface area contributed by atoms with Crippen LogP contribution in [0.2, 0.25) is 0 Å². The van der Waals surface area contributed by atoms with Crippen LogP contribution in [0, 0.1) is 13.8 Å². The Morgan fingerprint density at radius 2 is 2.00 bits per heavy atom. The van der Waals surface area contributed by atoms with E-state index >= 15 is 0 Å². The van der Waals surface area contributed by atoms with E-state index in [4.69, 9.17) is 0 Å². The van der Waals surface area contributed by atoms with Crippen molar-refractivity contribution >= 4 is 11.8 Å². The molecule has 0 bridgehead atoms. The molecule has 0 unspecified atom stereocenters. The molecule has 0 radical (unpaired) electrons. The summed E-state index contributed by atoms with van der Waals surface area (Å²) in [4.78, 5) is 13.2. The number of nitrogens with zero attached hydrogens (tertiary/aromatic N) is 3. The second kappa shape index (κ2) is 3.73. The SMILES string of the molecule is Cc1nnc(N(C)C2CC2)c(C(=O)O)c1C. The van der Waals surface area contributed by atoms with Crippen molar-refractivity contribution in [3.05, 3.63) is 16.8 Å². The van der Waals surface area contributed by atoms with Crippen molar-refractivity contribution in [2.24, 2.45) is 0 Å². The van der Waals surface area contributed by atoms with Gasteiger partial charge in [-0.05, 0) is 32.3 Å². The molecular formula is C11H15N3O2. The van der Waals surface area contributed by atoms with E-state index in [1.165, 1.54) is 0 Å². The first kappa shape index (κ1) is 10.9. The lowest BCUT2D eigenvalue weighted by molar-refractivity contribution is 0.0696. The Labute approximate surface area is 94.1 Å². The predicted molar refractivity (Wildman–Crippen MR) is 59.9 cm³/mol. The summed E-state index contributed by atoms with van der Waals surface area (Å²) in [5.74, 6) is -0.448. The van der Waals surface area contributed by atoms with Gasteiger partial charge in [-0.2, -0.15) is 5.10 Å². The van der Waals surface area contributed by atoms with E-state index in [1.807, 2.05) is 11.9 Å². The van der Waals surface area contributed by atoms with E-state index in [2.05, 4.69) is 10.2 Å². The normalized spacial score (nSPS) is 14.9. The van der Waals surface area contributed by atoms with Crippen LogP contribution in [0.15, 0.2) is 0 Å². The predicted octanol–water partition coefficient (Wildman–Crippen LogP) is 1.39. The number of hydrogen-bond acceptors (Lipinski definition) is 4. The van der Waals surface area contributed by atoms with E-state index < -0.39 is 5.97 Å². The Morgan fingerprint density at radius 3 is 2.50 bits per heavy atom. The quantitative estimate of drug-likeness (QED) is 0.835. The summed E-state index contributed by atoms with van der Waals surface area (Å²) in [6, 6.07) is 0.425. The van der Waals surface area contributed by atoms with Gasteiger partial charge in [0.25, 0.3) is 0 Å². The molecular weight excluding hydrogens is 206 g/mol. The number of carboxylic acids is 1. The number of anilines is 1. The number of hydrogen-bond donors (Lipinski definition) is 1. The van der Waals surface area contributed by atoms with Gasteiger partial charge in [-0.3, -0.25) is 0 Å². The van der Waals surface area contributed by atoms with Gasteiger partial charge in [0.1, 0.15) is 5.56 Å². The van der Waals surface area contributed by atoms with Gasteiger partial charge < -0.3 is 10.0 Å². The van der Waals surface area contributed by atoms with Crippen LogP contribution in [0.3, 0.4) is 0 Å². The molecule has 0 saturated heterocycles. The topological polar surface area (TPSA) is 66.3 Å². The number of rotatable bonds is 3. The highest BCUT2D eigenvalue weighted by Gasteiger charge is 2.31. The minimum atomic E-state index is -0.932. The highest BCUT2D eigenvalue weighted by Crippen LogP contribution is 2.31. The fourth-order valence-corrected chi connectivity index (χ4v) is 1.73. The molecule has 1 saturated carbocycles. The molecule has 5 nitrogen and oxygen atoms in total. The monoisotopic (exact) mass is 221 g/mol. The van der Waals surface area contributed by atoms with Crippen molar-refractivity contribution in [1.82, 2.24) is 10.2 Å². The second-order valence-corrected chi connectivity index (χ2v) is 4.26. The van der Waals surface area contributed by atoms with Crippen LogP contribution >= 0.6 is 0 Å². The Kier molecular flexibility index (Phi) is 2.53. The molecule has 0 amide bonds. The van der Waals surface area contributed by atoms with Crippen LogP contribution in [0.4, 0.5) is 5.82 Å². The van der Waals surface area contributed by atoms with Crippen LogP contribution in [0.5, 0.6) is 0 Å². The molecule has 0 aromatic carbocycles. The van der Waals surface area contributed by atoms with Crippen molar-refractivity contribution < 1.29 is 9.90 Å². The molecule has 5 heteroatoms. The van der Waals surface area contributed by atoms with Crippen molar-refractivity contribution in [3.8, 4) is 0 Å². The maximum atomic E-state index is 11.2. The summed E-state index contributed by atoms with van der Waals surface area (Å²) in [7, 11) is 1.88. The lowest BCUT2D eigenvalue weighted by Crippen LogP contribution is -2.25. The summed E-state index contributed by atoms with van der Waals surface area (Å²) in [6.45, 7) is 3.55. The fourth-order valence-electron chi connectivity index (χ4n) is 1.73. The molecule has 0 aliphatic heterocycles. The summed E-state index contributed by atoms with van der Waals surface area (Å²) in [6.07, 6.45) is 2.20. The fraction of sp³-hybridized carbons (Fsp3) is 0.545. The summed E-state index contributed by atoms with van der Waals surface area (Å²) < 4.78 is 0. The van der Waals surface area contributed by atoms with E-state index in [0.29, 0.717) is 23.1 Å². The van der Waals surface area contributed by atoms with Crippen molar-refractivity contribution in [2.75, 3.05) is 11.9 Å². The average molecular weight is 221 g/mol. The lowest BCUT2D eigenvalue weighted by atomic mass is 10.1. The van der Waals surface area contributed by atoms with Crippen molar-refractivity contribution in [3.63, 3.8) is 0 Å². The largest absolute Gasteiger partial charge is 0.478 e. The minimum Gasteiger partial charge on any atom is -0.478 e. The molecule has 1 aliphatic rings. The van der Waals surface area contributed by atoms with Crippen LogP contribution in [0.25, 0.3) is 0 Å². The Balaban J connectivity index is 2.51. The first-order valence-corrected chi connectivity index (χ1v) is 5.32. The summed E-state index contributed by atoms with van der Waals surface area (Å²) >= 11 is 0. The Hall–Kier alpha value is -1.65. The first-order chi connectivity index (χ1) is 7.52. The molecule has 1 aliphatic carbocycles. The Morgan fingerprint density at radius 1 is 1.38 bits per heavy atom. The molecule has 1 fully saturated rings. The van der Waals surface area contributed by atoms with E-state index in [0.717, 1.165) is 12.8 Å². The molecule has 0 atom stereocenters. The van der Waals surface area contributed by atoms with Gasteiger partial charge in [-0.25, -0.2) is 4.79 Å². The second-order valence-electron chi connectivity index (χ2n) is 4.26. The average Bonchev–Trinajstić information content (AvgIpc) is 3.03. The molecule has 16 heavy (non-hydrogen) atoms. The van der Waals surface area contributed by atoms with Gasteiger partial charge in [0, 0.05) is 13.1 Å². The van der Waals surface area contributed by atoms with Crippen molar-refractivity contribution in [2.45, 2.75) is 32.7 Å². The number of aromatic nitrogens is 2. The maximum Gasteiger partial charge on any atom is 0.339 e. The zero-order valence-corrected chi connectivity index (χ0v) is 9.69. The van der Waals surface area contributed by atoms with E-state index in [1.54, 1.807) is 13.8 Å². The lowest BCUT2D eigenvalue weighted by Gasteiger charge is -2.20. The minimum absolute atomic E-state index is 0.280. The van der Waals surface area contributed by atoms with Gasteiger partial charge in [0.15, 0.2) is 5.82 Å².